The molecular formula is C4H9ClS. The summed E-state index contributed by atoms with van der Waals surface area (Å²) in [5, 5.41) is 1.44. The molecule has 6 heavy (non-hydrogen) atoms. The van der Waals surface area contributed by atoms with Crippen molar-refractivity contribution < 1.29 is 0 Å². The zero-order valence-electron chi connectivity index (χ0n) is 3.82. The van der Waals surface area contributed by atoms with Gasteiger partial charge in [-0.15, -0.1) is 11.6 Å². The van der Waals surface area contributed by atoms with Gasteiger partial charge >= 0.3 is 0 Å². The maximum absolute atomic E-state index is 5.00. The highest BCUT2D eigenvalue weighted by Crippen LogP contribution is 1.59. The first-order chi connectivity index (χ1) is 2.83. The van der Waals surface area contributed by atoms with Crippen LogP contribution in [0.1, 0.15) is 6.92 Å². The second kappa shape index (κ2) is 18.2. The molecule has 38 valence electrons. The third kappa shape index (κ3) is 347. The van der Waals surface area contributed by atoms with Gasteiger partial charge in [0.25, 0.3) is 0 Å². The van der Waals surface area contributed by atoms with Gasteiger partial charge in [0.15, 0.2) is 0 Å². The molecule has 0 saturated carbocycles. The van der Waals surface area contributed by atoms with Crippen molar-refractivity contribution in [2.24, 2.45) is 0 Å². The van der Waals surface area contributed by atoms with E-state index in [4.69, 9.17) is 11.6 Å². The summed E-state index contributed by atoms with van der Waals surface area (Å²) in [5.74, 6) is 0.722. The molecule has 0 atom stereocenters. The fraction of sp³-hybridized carbons (Fsp3) is 0.500. The van der Waals surface area contributed by atoms with E-state index in [0.29, 0.717) is 0 Å². The molecule has 0 aromatic rings. The van der Waals surface area contributed by atoms with E-state index >= 15 is 0 Å². The number of hydrogen-bond donors (Lipinski definition) is 1. The first kappa shape index (κ1) is 9.63. The highest BCUT2D eigenvalue weighted by atomic mass is 35.5. The average Bonchev–Trinajstić information content (AvgIpc) is 1.39. The Labute approximate surface area is 49.6 Å². The summed E-state index contributed by atoms with van der Waals surface area (Å²) in [6.07, 6.45) is 0. The van der Waals surface area contributed by atoms with Crippen LogP contribution in [0.2, 0.25) is 0 Å². The Hall–Kier alpha value is 0.380. The van der Waals surface area contributed by atoms with Crippen LogP contribution in [-0.4, -0.2) is 5.88 Å². The smallest absolute Gasteiger partial charge is 0.0195 e. The lowest BCUT2D eigenvalue weighted by molar-refractivity contribution is 1.51. The third-order valence-corrected chi connectivity index (χ3v) is 0. The van der Waals surface area contributed by atoms with Crippen molar-refractivity contribution in [3.63, 3.8) is 0 Å². The van der Waals surface area contributed by atoms with Crippen molar-refractivity contribution in [3.05, 3.63) is 12.0 Å². The van der Waals surface area contributed by atoms with Crippen LogP contribution in [0.5, 0.6) is 0 Å². The Morgan fingerprint density at radius 2 is 2.00 bits per heavy atom. The quantitative estimate of drug-likeness (QED) is 0.372. The predicted molar refractivity (Wildman–Crippen MR) is 35.6 cm³/mol. The highest BCUT2D eigenvalue weighted by Gasteiger charge is 1.38. The molecule has 0 nitrogen and oxygen atoms in total. The van der Waals surface area contributed by atoms with Crippen LogP contribution >= 0.6 is 24.2 Å². The Bertz CT molecular complexity index is 21.5. The van der Waals surface area contributed by atoms with E-state index in [1.165, 1.54) is 5.41 Å². The summed E-state index contributed by atoms with van der Waals surface area (Å²) >= 11 is 8.55. The van der Waals surface area contributed by atoms with Crippen LogP contribution in [0, 0.1) is 0 Å². The lowest BCUT2D eigenvalue weighted by Gasteiger charge is -1.45. The van der Waals surface area contributed by atoms with E-state index < -0.39 is 0 Å². The van der Waals surface area contributed by atoms with Crippen molar-refractivity contribution in [1.82, 2.24) is 0 Å². The van der Waals surface area contributed by atoms with Gasteiger partial charge in [-0.25, -0.2) is 0 Å². The van der Waals surface area contributed by atoms with Crippen molar-refractivity contribution in [2.75, 3.05) is 5.88 Å². The van der Waals surface area contributed by atoms with E-state index in [1.54, 1.807) is 0 Å². The fourth-order valence-electron chi connectivity index (χ4n) is 0. The molecule has 0 radical (unpaired) electrons. The zero-order valence-corrected chi connectivity index (χ0v) is 5.47. The van der Waals surface area contributed by atoms with Crippen molar-refractivity contribution >= 4 is 24.2 Å². The first-order valence-electron chi connectivity index (χ1n) is 1.64. The van der Waals surface area contributed by atoms with Gasteiger partial charge in [-0.1, -0.05) is 13.5 Å². The van der Waals surface area contributed by atoms with Crippen molar-refractivity contribution in [2.45, 2.75) is 6.92 Å². The maximum atomic E-state index is 5.00. The Kier molecular flexibility index (Phi) is 29.2. The van der Waals surface area contributed by atoms with Crippen LogP contribution in [0.25, 0.3) is 0 Å². The normalized spacial score (nSPS) is 5.17. The summed E-state index contributed by atoms with van der Waals surface area (Å²) < 4.78 is 0. The minimum atomic E-state index is 0.722. The molecule has 0 aliphatic rings. The summed E-state index contributed by atoms with van der Waals surface area (Å²) in [7, 11) is 0. The molecule has 0 bridgehead atoms. The molecule has 0 rings (SSSR count). The summed E-state index contributed by atoms with van der Waals surface area (Å²) in [5.41, 5.74) is 0. The van der Waals surface area contributed by atoms with E-state index in [1.807, 2.05) is 6.92 Å². The standard InChI is InChI=1S/C2H5Cl.C2H4S/c2*1-2-3/h2H2,1H3;2-3H,1H2. The van der Waals surface area contributed by atoms with Gasteiger partial charge in [-0.05, 0) is 5.41 Å². The highest BCUT2D eigenvalue weighted by molar-refractivity contribution is 7.83. The monoisotopic (exact) mass is 124 g/mol. The molecule has 0 unspecified atom stereocenters. The van der Waals surface area contributed by atoms with Gasteiger partial charge in [0.05, 0.1) is 0 Å². The summed E-state index contributed by atoms with van der Waals surface area (Å²) in [4.78, 5) is 0. The third-order valence-electron chi connectivity index (χ3n) is 0. The van der Waals surface area contributed by atoms with Crippen molar-refractivity contribution in [1.29, 1.82) is 0 Å². The fourth-order valence-corrected chi connectivity index (χ4v) is 0. The van der Waals surface area contributed by atoms with Gasteiger partial charge < -0.3 is 0 Å². The number of halogens is 1. The molecule has 0 amide bonds. The number of hydrogen-bond acceptors (Lipinski definition) is 1. The van der Waals surface area contributed by atoms with Crippen LogP contribution in [0.4, 0.5) is 0 Å². The van der Waals surface area contributed by atoms with Gasteiger partial charge in [-0.2, -0.15) is 12.6 Å². The number of thiol groups is 1. The van der Waals surface area contributed by atoms with Gasteiger partial charge in [-0.3, -0.25) is 0 Å². The van der Waals surface area contributed by atoms with Gasteiger partial charge in [0, 0.05) is 5.88 Å². The molecule has 0 N–H and O–H groups in total. The molecule has 0 spiro atoms. The zero-order chi connectivity index (χ0) is 5.41. The molecule has 0 aromatic carbocycles. The topological polar surface area (TPSA) is 0 Å². The molecule has 0 aromatic heterocycles. The van der Waals surface area contributed by atoms with Crippen LogP contribution < -0.4 is 0 Å². The lowest BCUT2D eigenvalue weighted by atomic mass is 11.0. The number of rotatable bonds is 0. The van der Waals surface area contributed by atoms with E-state index in [-0.39, 0.29) is 0 Å². The second-order valence-electron chi connectivity index (χ2n) is 0.450. The van der Waals surface area contributed by atoms with Gasteiger partial charge in [0.2, 0.25) is 0 Å². The van der Waals surface area contributed by atoms with Crippen LogP contribution in [-0.2, 0) is 0 Å². The maximum Gasteiger partial charge on any atom is 0.0195 e. The van der Waals surface area contributed by atoms with E-state index in [2.05, 4.69) is 19.2 Å². The summed E-state index contributed by atoms with van der Waals surface area (Å²) in [6, 6.07) is 0. The predicted octanol–water partition coefficient (Wildman–Crippen LogP) is 2.30. The molecule has 0 aliphatic heterocycles. The SMILES string of the molecule is C=CS.CCCl. The Morgan fingerprint density at radius 3 is 2.00 bits per heavy atom. The molecule has 0 saturated heterocycles. The molecule has 0 heterocycles. The second-order valence-corrected chi connectivity index (χ2v) is 1.35. The van der Waals surface area contributed by atoms with Crippen LogP contribution in [0.3, 0.4) is 0 Å². The molecule has 2 heteroatoms. The Morgan fingerprint density at radius 1 is 2.00 bits per heavy atom. The van der Waals surface area contributed by atoms with Crippen molar-refractivity contribution in [3.8, 4) is 0 Å². The minimum absolute atomic E-state index is 0.722. The number of alkyl halides is 1. The largest absolute Gasteiger partial charge is 0.152 e. The minimum Gasteiger partial charge on any atom is -0.152 e. The molecule has 0 aliphatic carbocycles. The first-order valence-corrected chi connectivity index (χ1v) is 2.69. The molecular weight excluding hydrogens is 116 g/mol. The average molecular weight is 125 g/mol. The lowest BCUT2D eigenvalue weighted by Crippen LogP contribution is -1.36. The Balaban J connectivity index is 0. The molecule has 0 fully saturated rings. The van der Waals surface area contributed by atoms with E-state index in [9.17, 15) is 0 Å². The van der Waals surface area contributed by atoms with Crippen LogP contribution in [0.15, 0.2) is 12.0 Å². The summed E-state index contributed by atoms with van der Waals surface area (Å²) in [6.45, 7) is 5.12. The van der Waals surface area contributed by atoms with E-state index in [0.717, 1.165) is 5.88 Å². The van der Waals surface area contributed by atoms with Gasteiger partial charge in [0.1, 0.15) is 0 Å².